The van der Waals surface area contributed by atoms with Crippen LogP contribution < -0.4 is 5.32 Å². The number of carboxylic acids is 1. The standard InChI is InChI=1S/C29H37N3O6.Ca.2H/c1-15-10-11-29(17(3)13-16(2)27(38-29)18(4)26(33)20-7-6-12-31-20)37-22(15)14-23-32-25-21(36-23)9-8-19(30-5)24(25)28(34)35;;;/h6-9,12,15-18,22,27,30-31H,10-11,13-14H2,1-5H3,(H,34,35);;;/t15-,16+,17+,18?,22-,27-,29?;;;/m0.../s1. The van der Waals surface area contributed by atoms with Crippen molar-refractivity contribution >= 4 is 66.3 Å². The number of nitrogens with zero attached hydrogens (tertiary/aromatic N) is 1. The number of aromatic nitrogens is 2. The maximum absolute atomic E-state index is 13.1. The number of oxazole rings is 1. The van der Waals surface area contributed by atoms with Crippen LogP contribution in [0.5, 0.6) is 0 Å². The van der Waals surface area contributed by atoms with Crippen LogP contribution in [-0.2, 0) is 15.9 Å². The Morgan fingerprint density at radius 1 is 1.21 bits per heavy atom. The molecule has 4 heterocycles. The molecule has 5 rings (SSSR count). The van der Waals surface area contributed by atoms with Gasteiger partial charge in [0.2, 0.25) is 0 Å². The average Bonchev–Trinajstić information content (AvgIpc) is 3.57. The first-order valence-electron chi connectivity index (χ1n) is 13.5. The molecule has 0 saturated carbocycles. The van der Waals surface area contributed by atoms with Crippen LogP contribution in [0.3, 0.4) is 0 Å². The number of hydrogen-bond donors (Lipinski definition) is 3. The molecule has 0 radical (unpaired) electrons. The van der Waals surface area contributed by atoms with Crippen molar-refractivity contribution in [3.8, 4) is 0 Å². The van der Waals surface area contributed by atoms with E-state index in [-0.39, 0.29) is 85.0 Å². The molecule has 2 aliphatic rings. The first-order valence-corrected chi connectivity index (χ1v) is 13.5. The van der Waals surface area contributed by atoms with Gasteiger partial charge in [-0.15, -0.1) is 0 Å². The third-order valence-electron chi connectivity index (χ3n) is 8.54. The summed E-state index contributed by atoms with van der Waals surface area (Å²) in [5.74, 6) is -1.11. The fourth-order valence-electron chi connectivity index (χ4n) is 6.27. The Bertz CT molecular complexity index is 1320. The van der Waals surface area contributed by atoms with E-state index in [2.05, 4.69) is 36.1 Å². The van der Waals surface area contributed by atoms with E-state index in [4.69, 9.17) is 13.9 Å². The summed E-state index contributed by atoms with van der Waals surface area (Å²) in [5, 5.41) is 12.7. The molecule has 2 aliphatic heterocycles. The number of carbonyl (C=O) groups excluding carboxylic acids is 1. The van der Waals surface area contributed by atoms with Crippen LogP contribution in [0.4, 0.5) is 5.69 Å². The Labute approximate surface area is 258 Å². The number of aromatic carboxylic acids is 1. The molecule has 2 aromatic heterocycles. The molecule has 3 N–H and O–H groups in total. The summed E-state index contributed by atoms with van der Waals surface area (Å²) in [4.78, 5) is 32.7. The van der Waals surface area contributed by atoms with E-state index in [0.717, 1.165) is 19.3 Å². The first-order chi connectivity index (χ1) is 18.1. The minimum absolute atomic E-state index is 0. The SMILES string of the molecule is CNc1ccc2oc(C[C@@H]3OC4(CC[C@@H]3C)O[C@H](C(C)C(=O)c3ccc[nH]3)[C@H](C)C[C@H]4C)nc2c1C(=O)O.[CaH2]. The van der Waals surface area contributed by atoms with Crippen LogP contribution in [-0.4, -0.2) is 89.6 Å². The molecule has 2 saturated heterocycles. The van der Waals surface area contributed by atoms with Crippen molar-refractivity contribution in [2.75, 3.05) is 12.4 Å². The van der Waals surface area contributed by atoms with Crippen LogP contribution >= 0.6 is 0 Å². The van der Waals surface area contributed by atoms with E-state index in [1.807, 2.05) is 13.0 Å². The van der Waals surface area contributed by atoms with Crippen LogP contribution in [0.2, 0.25) is 0 Å². The quantitative estimate of drug-likeness (QED) is 0.280. The summed E-state index contributed by atoms with van der Waals surface area (Å²) in [6.07, 6.45) is 4.22. The number of ether oxygens (including phenoxy) is 2. The van der Waals surface area contributed by atoms with Gasteiger partial charge in [-0.1, -0.05) is 27.7 Å². The van der Waals surface area contributed by atoms with Crippen LogP contribution in [0, 0.1) is 23.7 Å². The number of benzene rings is 1. The van der Waals surface area contributed by atoms with E-state index >= 15 is 0 Å². The summed E-state index contributed by atoms with van der Waals surface area (Å²) in [6, 6.07) is 7.05. The van der Waals surface area contributed by atoms with E-state index < -0.39 is 11.8 Å². The van der Waals surface area contributed by atoms with Crippen molar-refractivity contribution in [3.63, 3.8) is 0 Å². The number of carboxylic acid groups (broad SMARTS) is 1. The number of H-pyrrole nitrogens is 1. The number of ketones is 1. The second-order valence-corrected chi connectivity index (χ2v) is 11.1. The van der Waals surface area contributed by atoms with Crippen LogP contribution in [0.25, 0.3) is 11.1 Å². The first kappa shape index (κ1) is 30.1. The van der Waals surface area contributed by atoms with Gasteiger partial charge in [0.15, 0.2) is 23.0 Å². The molecule has 0 amide bonds. The van der Waals surface area contributed by atoms with E-state index in [9.17, 15) is 14.7 Å². The second-order valence-electron chi connectivity index (χ2n) is 11.1. The molecule has 39 heavy (non-hydrogen) atoms. The fraction of sp³-hybridized carbons (Fsp3) is 0.552. The van der Waals surface area contributed by atoms with Crippen molar-refractivity contribution < 1.29 is 28.6 Å². The third-order valence-corrected chi connectivity index (χ3v) is 8.54. The van der Waals surface area contributed by atoms with Gasteiger partial charge >= 0.3 is 43.7 Å². The third kappa shape index (κ3) is 5.66. The summed E-state index contributed by atoms with van der Waals surface area (Å²) >= 11 is 0. The van der Waals surface area contributed by atoms with Gasteiger partial charge in [0, 0.05) is 31.5 Å². The number of Topliss-reactive ketones (excluding diaryl/α,β-unsaturated/α-hetero) is 1. The summed E-state index contributed by atoms with van der Waals surface area (Å²) in [7, 11) is 1.68. The average molecular weight is 566 g/mol. The number of fused-ring (bicyclic) bond motifs is 1. The van der Waals surface area contributed by atoms with Crippen molar-refractivity contribution in [2.24, 2.45) is 23.7 Å². The predicted molar refractivity (Wildman–Crippen MR) is 151 cm³/mol. The minimum atomic E-state index is -1.06. The molecular formula is C29H39CaN3O6. The number of aromatic amines is 1. The van der Waals surface area contributed by atoms with Crippen molar-refractivity contribution in [2.45, 2.75) is 71.4 Å². The van der Waals surface area contributed by atoms with Crippen LogP contribution in [0.1, 0.15) is 73.7 Å². The van der Waals surface area contributed by atoms with Crippen molar-refractivity contribution in [1.82, 2.24) is 9.97 Å². The molecule has 7 atom stereocenters. The van der Waals surface area contributed by atoms with Crippen molar-refractivity contribution in [1.29, 1.82) is 0 Å². The monoisotopic (exact) mass is 565 g/mol. The number of hydrogen-bond acceptors (Lipinski definition) is 7. The van der Waals surface area contributed by atoms with Gasteiger partial charge in [-0.05, 0) is 48.9 Å². The number of nitrogens with one attached hydrogen (secondary N) is 2. The van der Waals surface area contributed by atoms with Gasteiger partial charge in [-0.2, -0.15) is 0 Å². The Morgan fingerprint density at radius 3 is 2.64 bits per heavy atom. The topological polar surface area (TPSA) is 127 Å². The summed E-state index contributed by atoms with van der Waals surface area (Å²) in [6.45, 7) is 8.39. The molecular weight excluding hydrogens is 526 g/mol. The predicted octanol–water partition coefficient (Wildman–Crippen LogP) is 4.61. The number of rotatable bonds is 7. The molecule has 10 heteroatoms. The van der Waals surface area contributed by atoms with Gasteiger partial charge in [0.1, 0.15) is 11.1 Å². The van der Waals surface area contributed by atoms with E-state index in [0.29, 0.717) is 34.8 Å². The van der Waals surface area contributed by atoms with Gasteiger partial charge in [0.25, 0.3) is 0 Å². The molecule has 1 spiro atoms. The molecule has 9 nitrogen and oxygen atoms in total. The zero-order valence-corrected chi connectivity index (χ0v) is 22.6. The van der Waals surface area contributed by atoms with Crippen LogP contribution in [0.15, 0.2) is 34.9 Å². The molecule has 2 fully saturated rings. The normalized spacial score (nSPS) is 29.6. The van der Waals surface area contributed by atoms with E-state index in [1.54, 1.807) is 31.4 Å². The Hall–Kier alpha value is -1.91. The molecule has 1 aromatic carbocycles. The van der Waals surface area contributed by atoms with Gasteiger partial charge in [-0.3, -0.25) is 4.79 Å². The zero-order valence-electron chi connectivity index (χ0n) is 22.6. The Kier molecular flexibility index (Phi) is 9.18. The van der Waals surface area contributed by atoms with Gasteiger partial charge < -0.3 is 29.3 Å². The fourth-order valence-corrected chi connectivity index (χ4v) is 6.27. The van der Waals surface area contributed by atoms with Gasteiger partial charge in [-0.25, -0.2) is 9.78 Å². The summed E-state index contributed by atoms with van der Waals surface area (Å²) in [5.41, 5.74) is 1.93. The number of carbonyl (C=O) groups is 2. The Balaban J connectivity index is 0.00000353. The molecule has 0 bridgehead atoms. The molecule has 0 aliphatic carbocycles. The molecule has 3 aromatic rings. The molecule has 208 valence electrons. The maximum atomic E-state index is 13.1. The Morgan fingerprint density at radius 2 is 1.97 bits per heavy atom. The molecule has 2 unspecified atom stereocenters. The van der Waals surface area contributed by atoms with Gasteiger partial charge in [0.05, 0.1) is 30.0 Å². The summed E-state index contributed by atoms with van der Waals surface area (Å²) < 4.78 is 19.6. The second kappa shape index (κ2) is 11.9. The van der Waals surface area contributed by atoms with E-state index in [1.165, 1.54) is 0 Å². The zero-order chi connectivity index (χ0) is 27.2. The van der Waals surface area contributed by atoms with Crippen molar-refractivity contribution in [3.05, 3.63) is 47.6 Å². The number of anilines is 1.